The predicted molar refractivity (Wildman–Crippen MR) is 178 cm³/mol. The molecule has 0 aliphatic carbocycles. The highest BCUT2D eigenvalue weighted by molar-refractivity contribution is 5.69. The van der Waals surface area contributed by atoms with Crippen LogP contribution < -0.4 is 0 Å². The predicted octanol–water partition coefficient (Wildman–Crippen LogP) is 8.60. The van der Waals surface area contributed by atoms with Crippen molar-refractivity contribution < 1.29 is 28.5 Å². The van der Waals surface area contributed by atoms with Gasteiger partial charge in [-0.25, -0.2) is 0 Å². The normalized spacial score (nSPS) is 12.5. The lowest BCUT2D eigenvalue weighted by atomic mass is 10.1. The van der Waals surface area contributed by atoms with Gasteiger partial charge in [0.1, 0.15) is 13.2 Å². The number of allylic oxidation sites excluding steroid dienone is 2. The topological polar surface area (TPSA) is 74.3 Å². The molecule has 0 N–H and O–H groups in total. The highest BCUT2D eigenvalue weighted by Crippen LogP contribution is 2.09. The molecule has 0 rings (SSSR count). The van der Waals surface area contributed by atoms with Gasteiger partial charge in [-0.1, -0.05) is 89.5 Å². The van der Waals surface area contributed by atoms with Gasteiger partial charge in [0.05, 0.1) is 6.10 Å². The number of ether oxygens (including phenoxy) is 4. The maximum Gasteiger partial charge on any atom is 0.306 e. The van der Waals surface area contributed by atoms with Crippen molar-refractivity contribution >= 4 is 11.9 Å². The Morgan fingerprint density at radius 1 is 0.605 bits per heavy atom. The molecule has 0 fully saturated rings. The highest BCUT2D eigenvalue weighted by Gasteiger charge is 2.11. The molecule has 0 aromatic carbocycles. The monoisotopic (exact) mass is 609 g/mol. The maximum absolute atomic E-state index is 11.9. The van der Waals surface area contributed by atoms with Crippen molar-refractivity contribution in [3.63, 3.8) is 0 Å². The second-order valence-corrected chi connectivity index (χ2v) is 11.8. The lowest BCUT2D eigenvalue weighted by Gasteiger charge is -2.21. The second kappa shape index (κ2) is 33.2. The molecule has 0 aromatic heterocycles. The van der Waals surface area contributed by atoms with Gasteiger partial charge in [-0.3, -0.25) is 9.59 Å². The zero-order chi connectivity index (χ0) is 31.6. The minimum atomic E-state index is -0.133. The fourth-order valence-electron chi connectivity index (χ4n) is 4.58. The molecule has 0 heterocycles. The first kappa shape index (κ1) is 41.3. The largest absolute Gasteiger partial charge is 0.461 e. The summed E-state index contributed by atoms with van der Waals surface area (Å²) in [4.78, 5) is 25.9. The molecule has 1 unspecified atom stereocenters. The number of unbranched alkanes of at least 4 members (excludes halogenated alkanes) is 12. The molecule has 1 atom stereocenters. The van der Waals surface area contributed by atoms with Crippen molar-refractivity contribution in [3.8, 4) is 0 Å². The standard InChI is InChI=1S/C36H67NO6/c1-5-7-9-11-13-16-22-30-42-35(38)25-19-15-18-21-29-41-34(33-37(3)4)27-32-40-28-24-20-26-36(39)43-31-23-17-14-12-10-8-6-2/h16-17,22-23,34H,5-15,18-21,24-33H2,1-4H3/b22-16-,23-17-. The molecule has 252 valence electrons. The van der Waals surface area contributed by atoms with Gasteiger partial charge < -0.3 is 23.8 Å². The summed E-state index contributed by atoms with van der Waals surface area (Å²) in [6.07, 6.45) is 27.8. The number of hydrogen-bond donors (Lipinski definition) is 0. The first-order valence-corrected chi connectivity index (χ1v) is 17.4. The fraction of sp³-hybridized carbons (Fsp3) is 0.833. The van der Waals surface area contributed by atoms with E-state index in [0.29, 0.717) is 39.3 Å². The van der Waals surface area contributed by atoms with E-state index in [1.54, 1.807) is 0 Å². The zero-order valence-electron chi connectivity index (χ0n) is 28.5. The van der Waals surface area contributed by atoms with Crippen LogP contribution in [0.5, 0.6) is 0 Å². The number of carbonyl (C=O) groups excluding carboxylic acids is 2. The van der Waals surface area contributed by atoms with Crippen LogP contribution >= 0.6 is 0 Å². The number of hydrogen-bond acceptors (Lipinski definition) is 7. The average Bonchev–Trinajstić information content (AvgIpc) is 2.98. The molecular formula is C36H67NO6. The molecule has 0 aliphatic rings. The highest BCUT2D eigenvalue weighted by atomic mass is 16.5. The van der Waals surface area contributed by atoms with Gasteiger partial charge in [-0.15, -0.1) is 0 Å². The van der Waals surface area contributed by atoms with Crippen LogP contribution in [0.15, 0.2) is 24.3 Å². The molecule has 7 nitrogen and oxygen atoms in total. The first-order valence-electron chi connectivity index (χ1n) is 17.4. The van der Waals surface area contributed by atoms with E-state index in [0.717, 1.165) is 70.9 Å². The van der Waals surface area contributed by atoms with E-state index >= 15 is 0 Å². The minimum absolute atomic E-state index is 0.103. The summed E-state index contributed by atoms with van der Waals surface area (Å²) in [5.41, 5.74) is 0. The van der Waals surface area contributed by atoms with Gasteiger partial charge in [0.25, 0.3) is 0 Å². The summed E-state index contributed by atoms with van der Waals surface area (Å²) in [6, 6.07) is 0. The number of rotatable bonds is 32. The quantitative estimate of drug-likeness (QED) is 0.0429. The zero-order valence-corrected chi connectivity index (χ0v) is 28.5. The van der Waals surface area contributed by atoms with Crippen molar-refractivity contribution in [1.82, 2.24) is 4.90 Å². The number of esters is 2. The molecule has 0 aliphatic heterocycles. The molecule has 7 heteroatoms. The molecule has 0 bridgehead atoms. The van der Waals surface area contributed by atoms with Gasteiger partial charge in [0.2, 0.25) is 0 Å². The molecule has 0 aromatic rings. The summed E-state index contributed by atoms with van der Waals surface area (Å²) >= 11 is 0. The molecule has 0 saturated carbocycles. The van der Waals surface area contributed by atoms with Gasteiger partial charge in [-0.05, 0) is 71.9 Å². The van der Waals surface area contributed by atoms with E-state index in [-0.39, 0.29) is 18.0 Å². The van der Waals surface area contributed by atoms with Crippen LogP contribution in [0.4, 0.5) is 0 Å². The molecular weight excluding hydrogens is 542 g/mol. The lowest BCUT2D eigenvalue weighted by Crippen LogP contribution is -2.30. The first-order chi connectivity index (χ1) is 21.0. The van der Waals surface area contributed by atoms with E-state index in [1.807, 2.05) is 12.2 Å². The van der Waals surface area contributed by atoms with E-state index in [2.05, 4.69) is 45.0 Å². The van der Waals surface area contributed by atoms with Gasteiger partial charge >= 0.3 is 11.9 Å². The Kier molecular flexibility index (Phi) is 31.9. The van der Waals surface area contributed by atoms with Gasteiger partial charge in [0.15, 0.2) is 0 Å². The lowest BCUT2D eigenvalue weighted by molar-refractivity contribution is -0.143. The van der Waals surface area contributed by atoms with E-state index in [9.17, 15) is 9.59 Å². The Morgan fingerprint density at radius 2 is 1.12 bits per heavy atom. The number of carbonyl (C=O) groups is 2. The SMILES string of the molecule is CCCCCC/C=C\COC(=O)CCCCCCOC(CCOCCCCC(=O)OC/C=C\CCCCCC)CN(C)C. The Balaban J connectivity index is 3.72. The Morgan fingerprint density at radius 3 is 1.67 bits per heavy atom. The molecule has 0 radical (unpaired) electrons. The van der Waals surface area contributed by atoms with Crippen LogP contribution in [-0.4, -0.2) is 76.6 Å². The second-order valence-electron chi connectivity index (χ2n) is 11.8. The summed E-state index contributed by atoms with van der Waals surface area (Å²) in [5, 5.41) is 0. The van der Waals surface area contributed by atoms with Crippen LogP contribution in [-0.2, 0) is 28.5 Å². The number of likely N-dealkylation sites (N-methyl/N-ethyl adjacent to an activating group) is 1. The van der Waals surface area contributed by atoms with E-state index < -0.39 is 0 Å². The smallest absolute Gasteiger partial charge is 0.306 e. The third-order valence-electron chi connectivity index (χ3n) is 7.16. The molecule has 0 saturated heterocycles. The number of nitrogens with zero attached hydrogens (tertiary/aromatic N) is 1. The van der Waals surface area contributed by atoms with Gasteiger partial charge in [-0.2, -0.15) is 0 Å². The minimum Gasteiger partial charge on any atom is -0.461 e. The summed E-state index contributed by atoms with van der Waals surface area (Å²) < 4.78 is 22.5. The van der Waals surface area contributed by atoms with Crippen LogP contribution in [0.1, 0.15) is 136 Å². The van der Waals surface area contributed by atoms with Crippen molar-refractivity contribution in [2.45, 2.75) is 142 Å². The van der Waals surface area contributed by atoms with Crippen LogP contribution in [0.3, 0.4) is 0 Å². The van der Waals surface area contributed by atoms with Crippen LogP contribution in [0.2, 0.25) is 0 Å². The van der Waals surface area contributed by atoms with Crippen molar-refractivity contribution in [1.29, 1.82) is 0 Å². The summed E-state index contributed by atoms with van der Waals surface area (Å²) in [6.45, 7) is 8.09. The Hall–Kier alpha value is -1.70. The third-order valence-corrected chi connectivity index (χ3v) is 7.16. The molecule has 0 spiro atoms. The van der Waals surface area contributed by atoms with Crippen molar-refractivity contribution in [2.75, 3.05) is 53.7 Å². The Labute approximate surface area is 265 Å². The van der Waals surface area contributed by atoms with Crippen molar-refractivity contribution in [2.24, 2.45) is 0 Å². The van der Waals surface area contributed by atoms with Crippen molar-refractivity contribution in [3.05, 3.63) is 24.3 Å². The molecule has 0 amide bonds. The third kappa shape index (κ3) is 33.0. The van der Waals surface area contributed by atoms with Crippen LogP contribution in [0.25, 0.3) is 0 Å². The van der Waals surface area contributed by atoms with E-state index in [1.165, 1.54) is 51.4 Å². The molecule has 43 heavy (non-hydrogen) atoms. The van der Waals surface area contributed by atoms with Gasteiger partial charge in [0, 0.05) is 39.2 Å². The average molecular weight is 610 g/mol. The fourth-order valence-corrected chi connectivity index (χ4v) is 4.58. The summed E-state index contributed by atoms with van der Waals surface area (Å²) in [5.74, 6) is -0.236. The summed E-state index contributed by atoms with van der Waals surface area (Å²) in [7, 11) is 4.12. The maximum atomic E-state index is 11.9. The van der Waals surface area contributed by atoms with E-state index in [4.69, 9.17) is 18.9 Å². The van der Waals surface area contributed by atoms with Crippen LogP contribution in [0, 0.1) is 0 Å². The Bertz CT molecular complexity index is 627.